The largest absolute Gasteiger partial charge is 0.481 e. The highest BCUT2D eigenvalue weighted by atomic mass is 16.4. The monoisotopic (exact) mass is 275 g/mol. The van der Waals surface area contributed by atoms with Gasteiger partial charge in [0, 0.05) is 18.8 Å². The van der Waals surface area contributed by atoms with Gasteiger partial charge in [0.15, 0.2) is 0 Å². The number of aryl methyl sites for hydroxylation is 1. The number of anilines is 1. The van der Waals surface area contributed by atoms with Crippen LogP contribution in [0.15, 0.2) is 18.2 Å². The molecule has 0 aliphatic carbocycles. The smallest absolute Gasteiger partial charge is 0.309 e. The van der Waals surface area contributed by atoms with Gasteiger partial charge in [-0.25, -0.2) is 0 Å². The number of nitrogens with zero attached hydrogens (tertiary/aromatic N) is 1. The molecule has 0 radical (unpaired) electrons. The molecule has 20 heavy (non-hydrogen) atoms. The van der Waals surface area contributed by atoms with Crippen molar-refractivity contribution in [2.45, 2.75) is 46.5 Å². The minimum atomic E-state index is -0.733. The Kier molecular flexibility index (Phi) is 4.36. The number of carbonyl (C=O) groups is 1. The lowest BCUT2D eigenvalue weighted by Crippen LogP contribution is -2.32. The Morgan fingerprint density at radius 2 is 1.90 bits per heavy atom. The fourth-order valence-corrected chi connectivity index (χ4v) is 2.85. The molecule has 0 aromatic heterocycles. The summed E-state index contributed by atoms with van der Waals surface area (Å²) in [6.45, 7) is 7.85. The number of carboxylic acid groups (broad SMARTS) is 1. The Hall–Kier alpha value is -1.51. The molecule has 0 saturated carbocycles. The normalized spacial score (nSPS) is 16.2. The van der Waals surface area contributed by atoms with Crippen molar-refractivity contribution in [3.05, 3.63) is 29.3 Å². The van der Waals surface area contributed by atoms with Crippen LogP contribution in [0.25, 0.3) is 0 Å². The highest BCUT2D eigenvalue weighted by molar-refractivity contribution is 5.74. The van der Waals surface area contributed by atoms with E-state index >= 15 is 0 Å². The first-order chi connectivity index (χ1) is 9.40. The number of piperidine rings is 1. The van der Waals surface area contributed by atoms with Crippen molar-refractivity contribution in [2.75, 3.05) is 18.0 Å². The van der Waals surface area contributed by atoms with Gasteiger partial charge in [-0.3, -0.25) is 4.79 Å². The van der Waals surface area contributed by atoms with Crippen LogP contribution in [0.3, 0.4) is 0 Å². The summed E-state index contributed by atoms with van der Waals surface area (Å²) in [7, 11) is 0. The van der Waals surface area contributed by atoms with Crippen LogP contribution in [0.5, 0.6) is 0 Å². The molecule has 2 rings (SSSR count). The molecule has 1 aliphatic heterocycles. The Balaban J connectivity index is 2.30. The fraction of sp³-hybridized carbons (Fsp3) is 0.588. The standard InChI is InChI=1S/C17H25NO2/c1-13-7-8-15(18-9-5-4-6-10-18)14(11-13)12-17(2,3)16(19)20/h7-8,11H,4-6,9-10,12H2,1-3H3,(H,19,20). The molecule has 1 saturated heterocycles. The van der Waals surface area contributed by atoms with Crippen LogP contribution in [-0.2, 0) is 11.2 Å². The van der Waals surface area contributed by atoms with Crippen molar-refractivity contribution in [3.8, 4) is 0 Å². The van der Waals surface area contributed by atoms with Crippen LogP contribution >= 0.6 is 0 Å². The van der Waals surface area contributed by atoms with Crippen LogP contribution in [0.2, 0.25) is 0 Å². The van der Waals surface area contributed by atoms with E-state index in [1.807, 2.05) is 0 Å². The summed E-state index contributed by atoms with van der Waals surface area (Å²) >= 11 is 0. The summed E-state index contributed by atoms with van der Waals surface area (Å²) in [5.74, 6) is -0.733. The summed E-state index contributed by atoms with van der Waals surface area (Å²) in [5.41, 5.74) is 2.86. The van der Waals surface area contributed by atoms with E-state index in [-0.39, 0.29) is 0 Å². The quantitative estimate of drug-likeness (QED) is 0.912. The molecule has 0 spiro atoms. The van der Waals surface area contributed by atoms with E-state index in [0.717, 1.165) is 13.1 Å². The molecule has 0 unspecified atom stereocenters. The maximum absolute atomic E-state index is 11.4. The van der Waals surface area contributed by atoms with Gasteiger partial charge in [-0.2, -0.15) is 0 Å². The van der Waals surface area contributed by atoms with E-state index in [1.165, 1.54) is 36.1 Å². The number of benzene rings is 1. The van der Waals surface area contributed by atoms with E-state index in [1.54, 1.807) is 13.8 Å². The fourth-order valence-electron chi connectivity index (χ4n) is 2.85. The van der Waals surface area contributed by atoms with E-state index in [0.29, 0.717) is 6.42 Å². The molecule has 0 amide bonds. The first-order valence-corrected chi connectivity index (χ1v) is 7.48. The molecule has 1 N–H and O–H groups in total. The van der Waals surface area contributed by atoms with Gasteiger partial charge in [0.05, 0.1) is 5.41 Å². The lowest BCUT2D eigenvalue weighted by atomic mass is 9.84. The Morgan fingerprint density at radius 1 is 1.25 bits per heavy atom. The van der Waals surface area contributed by atoms with Crippen LogP contribution in [0, 0.1) is 12.3 Å². The summed E-state index contributed by atoms with van der Waals surface area (Å²) < 4.78 is 0. The molecule has 3 nitrogen and oxygen atoms in total. The predicted molar refractivity (Wildman–Crippen MR) is 82.4 cm³/mol. The van der Waals surface area contributed by atoms with Crippen LogP contribution < -0.4 is 4.90 Å². The SMILES string of the molecule is Cc1ccc(N2CCCCC2)c(CC(C)(C)C(=O)O)c1. The molecule has 1 aromatic carbocycles. The Morgan fingerprint density at radius 3 is 2.50 bits per heavy atom. The first kappa shape index (κ1) is 14.9. The van der Waals surface area contributed by atoms with E-state index in [4.69, 9.17) is 0 Å². The van der Waals surface area contributed by atoms with Crippen molar-refractivity contribution >= 4 is 11.7 Å². The third-order valence-corrected chi connectivity index (χ3v) is 4.14. The predicted octanol–water partition coefficient (Wildman–Crippen LogP) is 3.64. The molecule has 1 heterocycles. The van der Waals surface area contributed by atoms with Crippen molar-refractivity contribution in [2.24, 2.45) is 5.41 Å². The second kappa shape index (κ2) is 5.86. The highest BCUT2D eigenvalue weighted by Gasteiger charge is 2.29. The lowest BCUT2D eigenvalue weighted by Gasteiger charge is -2.32. The summed E-state index contributed by atoms with van der Waals surface area (Å²) in [4.78, 5) is 13.8. The van der Waals surface area contributed by atoms with Gasteiger partial charge < -0.3 is 10.0 Å². The molecule has 3 heteroatoms. The molecule has 1 aromatic rings. The lowest BCUT2D eigenvalue weighted by molar-refractivity contribution is -0.146. The minimum absolute atomic E-state index is 0.579. The minimum Gasteiger partial charge on any atom is -0.481 e. The van der Waals surface area contributed by atoms with Gasteiger partial charge in [0.1, 0.15) is 0 Å². The molecule has 1 fully saturated rings. The zero-order chi connectivity index (χ0) is 14.8. The molecular weight excluding hydrogens is 250 g/mol. The Bertz CT molecular complexity index is 488. The second-order valence-corrected chi connectivity index (χ2v) is 6.55. The Labute approximate surface area is 121 Å². The van der Waals surface area contributed by atoms with Crippen LogP contribution in [0.1, 0.15) is 44.2 Å². The topological polar surface area (TPSA) is 40.5 Å². The third kappa shape index (κ3) is 3.33. The van der Waals surface area contributed by atoms with Crippen molar-refractivity contribution in [3.63, 3.8) is 0 Å². The maximum atomic E-state index is 11.4. The third-order valence-electron chi connectivity index (χ3n) is 4.14. The average Bonchev–Trinajstić information content (AvgIpc) is 2.39. The van der Waals surface area contributed by atoms with E-state index in [9.17, 15) is 9.90 Å². The highest BCUT2D eigenvalue weighted by Crippen LogP contribution is 2.31. The number of hydrogen-bond donors (Lipinski definition) is 1. The summed E-state index contributed by atoms with van der Waals surface area (Å²) in [6, 6.07) is 6.43. The number of hydrogen-bond acceptors (Lipinski definition) is 2. The number of rotatable bonds is 4. The number of carboxylic acids is 1. The van der Waals surface area contributed by atoms with Crippen LogP contribution in [0.4, 0.5) is 5.69 Å². The second-order valence-electron chi connectivity index (χ2n) is 6.55. The molecule has 0 bridgehead atoms. The summed E-state index contributed by atoms with van der Waals surface area (Å²) in [6.07, 6.45) is 4.35. The van der Waals surface area contributed by atoms with Gasteiger partial charge in [-0.05, 0) is 58.1 Å². The van der Waals surface area contributed by atoms with Crippen LogP contribution in [-0.4, -0.2) is 24.2 Å². The number of aliphatic carboxylic acids is 1. The van der Waals surface area contributed by atoms with Gasteiger partial charge >= 0.3 is 5.97 Å². The van der Waals surface area contributed by atoms with Gasteiger partial charge in [-0.1, -0.05) is 17.7 Å². The van der Waals surface area contributed by atoms with Gasteiger partial charge in [-0.15, -0.1) is 0 Å². The molecule has 1 aliphatic rings. The first-order valence-electron chi connectivity index (χ1n) is 7.48. The average molecular weight is 275 g/mol. The zero-order valence-corrected chi connectivity index (χ0v) is 12.8. The maximum Gasteiger partial charge on any atom is 0.309 e. The van der Waals surface area contributed by atoms with Crippen molar-refractivity contribution < 1.29 is 9.90 Å². The molecule has 0 atom stereocenters. The van der Waals surface area contributed by atoms with Crippen molar-refractivity contribution in [1.82, 2.24) is 0 Å². The summed E-state index contributed by atoms with van der Waals surface area (Å²) in [5, 5.41) is 9.36. The van der Waals surface area contributed by atoms with Gasteiger partial charge in [0.25, 0.3) is 0 Å². The van der Waals surface area contributed by atoms with Gasteiger partial charge in [0.2, 0.25) is 0 Å². The van der Waals surface area contributed by atoms with E-state index < -0.39 is 11.4 Å². The zero-order valence-electron chi connectivity index (χ0n) is 12.8. The van der Waals surface area contributed by atoms with Crippen molar-refractivity contribution in [1.29, 1.82) is 0 Å². The van der Waals surface area contributed by atoms with E-state index in [2.05, 4.69) is 30.0 Å². The molecular formula is C17H25NO2. The molecule has 110 valence electrons.